The fraction of sp³-hybridized carbons (Fsp3) is 0.429. The second-order valence-electron chi connectivity index (χ2n) is 4.54. The number of amides is 1. The van der Waals surface area contributed by atoms with Crippen LogP contribution in [0.1, 0.15) is 29.2 Å². The Bertz CT molecular complexity index is 600. The summed E-state index contributed by atoms with van der Waals surface area (Å²) in [4.78, 5) is 25.5. The molecule has 6 nitrogen and oxygen atoms in total. The molecule has 0 aliphatic heterocycles. The van der Waals surface area contributed by atoms with Crippen molar-refractivity contribution in [1.29, 1.82) is 0 Å². The molecule has 0 fully saturated rings. The van der Waals surface area contributed by atoms with E-state index in [1.807, 2.05) is 20.8 Å². The summed E-state index contributed by atoms with van der Waals surface area (Å²) in [5, 5.41) is 3.55. The zero-order valence-electron chi connectivity index (χ0n) is 12.3. The summed E-state index contributed by atoms with van der Waals surface area (Å²) in [6.07, 6.45) is 3.31. The summed E-state index contributed by atoms with van der Waals surface area (Å²) in [7, 11) is 0. The average Bonchev–Trinajstić information content (AvgIpc) is 2.88. The van der Waals surface area contributed by atoms with Gasteiger partial charge in [-0.15, -0.1) is 11.3 Å². The van der Waals surface area contributed by atoms with Gasteiger partial charge >= 0.3 is 0 Å². The number of aryl methyl sites for hydroxylation is 1. The van der Waals surface area contributed by atoms with Crippen LogP contribution in [-0.2, 0) is 4.74 Å². The lowest BCUT2D eigenvalue weighted by atomic mass is 10.3. The lowest BCUT2D eigenvalue weighted by Crippen LogP contribution is -2.35. The highest BCUT2D eigenvalue weighted by atomic mass is 32.1. The molecule has 0 saturated heterocycles. The Balaban J connectivity index is 2.10. The number of nitrogens with zero attached hydrogens (tertiary/aromatic N) is 3. The molecule has 0 saturated carbocycles. The average molecular weight is 306 g/mol. The lowest BCUT2D eigenvalue weighted by Gasteiger charge is -2.12. The molecule has 21 heavy (non-hydrogen) atoms. The number of aromatic nitrogens is 3. The fourth-order valence-electron chi connectivity index (χ4n) is 1.74. The molecule has 0 bridgehead atoms. The van der Waals surface area contributed by atoms with Crippen LogP contribution < -0.4 is 5.32 Å². The van der Waals surface area contributed by atoms with E-state index in [1.165, 1.54) is 11.3 Å². The molecule has 2 rings (SSSR count). The topological polar surface area (TPSA) is 77.0 Å². The van der Waals surface area contributed by atoms with Crippen molar-refractivity contribution >= 4 is 17.2 Å². The van der Waals surface area contributed by atoms with Crippen LogP contribution in [0.2, 0.25) is 0 Å². The summed E-state index contributed by atoms with van der Waals surface area (Å²) in [6, 6.07) is 1.70. The van der Waals surface area contributed by atoms with Crippen molar-refractivity contribution in [3.05, 3.63) is 29.0 Å². The van der Waals surface area contributed by atoms with Gasteiger partial charge in [-0.2, -0.15) is 0 Å². The third-order valence-electron chi connectivity index (χ3n) is 2.71. The van der Waals surface area contributed by atoms with E-state index in [9.17, 15) is 4.79 Å². The van der Waals surface area contributed by atoms with Crippen LogP contribution in [0.25, 0.3) is 10.8 Å². The third-order valence-corrected chi connectivity index (χ3v) is 3.86. The van der Waals surface area contributed by atoms with E-state index in [0.717, 1.165) is 0 Å². The van der Waals surface area contributed by atoms with Crippen LogP contribution in [0.5, 0.6) is 0 Å². The van der Waals surface area contributed by atoms with Crippen molar-refractivity contribution in [3.8, 4) is 10.8 Å². The van der Waals surface area contributed by atoms with Gasteiger partial charge in [0.2, 0.25) is 0 Å². The van der Waals surface area contributed by atoms with Crippen molar-refractivity contribution in [3.63, 3.8) is 0 Å². The van der Waals surface area contributed by atoms with Gasteiger partial charge in [0.1, 0.15) is 4.88 Å². The second-order valence-corrected chi connectivity index (χ2v) is 5.54. The highest BCUT2D eigenvalue weighted by molar-refractivity contribution is 7.17. The van der Waals surface area contributed by atoms with Crippen LogP contribution >= 0.6 is 11.3 Å². The van der Waals surface area contributed by atoms with E-state index in [0.29, 0.717) is 34.6 Å². The summed E-state index contributed by atoms with van der Waals surface area (Å²) in [5.74, 6) is 0.395. The lowest BCUT2D eigenvalue weighted by molar-refractivity contribution is 0.0875. The van der Waals surface area contributed by atoms with Crippen LogP contribution in [0, 0.1) is 6.92 Å². The van der Waals surface area contributed by atoms with Gasteiger partial charge in [0.15, 0.2) is 10.8 Å². The Morgan fingerprint density at radius 2 is 2.14 bits per heavy atom. The maximum atomic E-state index is 12.2. The van der Waals surface area contributed by atoms with Crippen molar-refractivity contribution in [2.45, 2.75) is 26.8 Å². The monoisotopic (exact) mass is 306 g/mol. The molecule has 1 amide bonds. The number of thiazole rings is 1. The fourth-order valence-corrected chi connectivity index (χ4v) is 2.66. The Morgan fingerprint density at radius 1 is 1.43 bits per heavy atom. The molecule has 112 valence electrons. The van der Waals surface area contributed by atoms with Crippen LogP contribution in [-0.4, -0.2) is 40.1 Å². The van der Waals surface area contributed by atoms with E-state index in [-0.39, 0.29) is 11.9 Å². The number of carbonyl (C=O) groups is 1. The normalized spacial score (nSPS) is 12.1. The van der Waals surface area contributed by atoms with E-state index >= 15 is 0 Å². The minimum absolute atomic E-state index is 0.0459. The highest BCUT2D eigenvalue weighted by Crippen LogP contribution is 2.25. The zero-order chi connectivity index (χ0) is 15.2. The van der Waals surface area contributed by atoms with E-state index in [4.69, 9.17) is 4.74 Å². The standard InChI is InChI=1S/C14H18N4O2S/c1-4-20-8-9(2)17-13(19)11-10(3)18-14(21-11)12-15-6-5-7-16-12/h5-7,9H,4,8H2,1-3H3,(H,17,19). The summed E-state index contributed by atoms with van der Waals surface area (Å²) < 4.78 is 5.29. The van der Waals surface area contributed by atoms with Gasteiger partial charge in [-0.1, -0.05) is 0 Å². The van der Waals surface area contributed by atoms with Crippen molar-refractivity contribution in [2.75, 3.05) is 13.2 Å². The Morgan fingerprint density at radius 3 is 2.81 bits per heavy atom. The van der Waals surface area contributed by atoms with E-state index in [1.54, 1.807) is 18.5 Å². The number of hydrogen-bond acceptors (Lipinski definition) is 6. The van der Waals surface area contributed by atoms with Gasteiger partial charge in [0.25, 0.3) is 5.91 Å². The Kier molecular flexibility index (Phi) is 5.35. The smallest absolute Gasteiger partial charge is 0.263 e. The number of nitrogens with one attached hydrogen (secondary N) is 1. The summed E-state index contributed by atoms with van der Waals surface area (Å²) in [6.45, 7) is 6.77. The molecule has 0 aliphatic carbocycles. The molecule has 0 spiro atoms. The molecular weight excluding hydrogens is 288 g/mol. The summed E-state index contributed by atoms with van der Waals surface area (Å²) >= 11 is 1.30. The summed E-state index contributed by atoms with van der Waals surface area (Å²) in [5.41, 5.74) is 0.684. The van der Waals surface area contributed by atoms with Gasteiger partial charge in [-0.3, -0.25) is 4.79 Å². The van der Waals surface area contributed by atoms with Crippen molar-refractivity contribution < 1.29 is 9.53 Å². The SMILES string of the molecule is CCOCC(C)NC(=O)c1sc(-c2ncccn2)nc1C. The number of ether oxygens (including phenoxy) is 1. The third kappa shape index (κ3) is 4.05. The predicted octanol–water partition coefficient (Wildman–Crippen LogP) is 2.06. The molecule has 1 atom stereocenters. The van der Waals surface area contributed by atoms with Gasteiger partial charge < -0.3 is 10.1 Å². The molecule has 2 heterocycles. The molecule has 1 N–H and O–H groups in total. The molecule has 2 aromatic rings. The number of rotatable bonds is 6. The highest BCUT2D eigenvalue weighted by Gasteiger charge is 2.18. The maximum absolute atomic E-state index is 12.2. The first-order valence-electron chi connectivity index (χ1n) is 6.75. The molecule has 0 aromatic carbocycles. The molecule has 7 heteroatoms. The van der Waals surface area contributed by atoms with Crippen molar-refractivity contribution in [2.24, 2.45) is 0 Å². The van der Waals surface area contributed by atoms with Gasteiger partial charge in [0, 0.05) is 25.0 Å². The first kappa shape index (κ1) is 15.5. The van der Waals surface area contributed by atoms with E-state index < -0.39 is 0 Å². The Labute approximate surface area is 127 Å². The molecule has 2 aromatic heterocycles. The molecule has 1 unspecified atom stereocenters. The van der Waals surface area contributed by atoms with Gasteiger partial charge in [-0.25, -0.2) is 15.0 Å². The maximum Gasteiger partial charge on any atom is 0.263 e. The second kappa shape index (κ2) is 7.24. The minimum atomic E-state index is -0.139. The van der Waals surface area contributed by atoms with Gasteiger partial charge in [-0.05, 0) is 26.8 Å². The first-order valence-corrected chi connectivity index (χ1v) is 7.57. The van der Waals surface area contributed by atoms with Crippen LogP contribution in [0.3, 0.4) is 0 Å². The van der Waals surface area contributed by atoms with Crippen LogP contribution in [0.15, 0.2) is 18.5 Å². The minimum Gasteiger partial charge on any atom is -0.380 e. The zero-order valence-corrected chi connectivity index (χ0v) is 13.1. The van der Waals surface area contributed by atoms with Gasteiger partial charge in [0.05, 0.1) is 12.3 Å². The van der Waals surface area contributed by atoms with E-state index in [2.05, 4.69) is 20.3 Å². The molecular formula is C14H18N4O2S. The predicted molar refractivity (Wildman–Crippen MR) is 81.3 cm³/mol. The number of hydrogen-bond donors (Lipinski definition) is 1. The quantitative estimate of drug-likeness (QED) is 0.884. The van der Waals surface area contributed by atoms with Crippen molar-refractivity contribution in [1.82, 2.24) is 20.3 Å². The molecule has 0 aliphatic rings. The number of carbonyl (C=O) groups excluding carboxylic acids is 1. The Hall–Kier alpha value is -1.86. The molecule has 0 radical (unpaired) electrons. The largest absolute Gasteiger partial charge is 0.380 e. The van der Waals surface area contributed by atoms with Crippen LogP contribution in [0.4, 0.5) is 0 Å². The first-order chi connectivity index (χ1) is 10.1.